The van der Waals surface area contributed by atoms with Crippen LogP contribution >= 0.6 is 0 Å². The molecule has 2 saturated heterocycles. The molecular weight excluding hydrogens is 1110 g/mol. The Labute approximate surface area is 515 Å². The van der Waals surface area contributed by atoms with E-state index in [2.05, 4.69) is 163 Å². The van der Waals surface area contributed by atoms with Gasteiger partial charge >= 0.3 is 0 Å². The van der Waals surface area contributed by atoms with E-state index in [0.29, 0.717) is 65.3 Å². The second-order valence-corrected chi connectivity index (χ2v) is 33.5. The van der Waals surface area contributed by atoms with Gasteiger partial charge in [0, 0.05) is 19.6 Å². The van der Waals surface area contributed by atoms with Crippen molar-refractivity contribution in [3.05, 3.63) is 193 Å². The number of rotatable bonds is 26. The highest BCUT2D eigenvalue weighted by atomic mass is 28.4. The third kappa shape index (κ3) is 18.2. The molecule has 6 aromatic carbocycles. The topological polar surface area (TPSA) is 133 Å². The van der Waals surface area contributed by atoms with E-state index in [-0.39, 0.29) is 22.3 Å². The molecule has 2 unspecified atom stereocenters. The molecule has 8 rings (SSSR count). The van der Waals surface area contributed by atoms with Crippen molar-refractivity contribution in [3.8, 4) is 23.3 Å². The zero-order chi connectivity index (χ0) is 61.9. The predicted molar refractivity (Wildman–Crippen MR) is 347 cm³/mol. The Bertz CT molecular complexity index is 2930. The van der Waals surface area contributed by atoms with Crippen molar-refractivity contribution in [1.82, 2.24) is 0 Å². The van der Waals surface area contributed by atoms with Crippen molar-refractivity contribution >= 4 is 37.4 Å². The fourth-order valence-electron chi connectivity index (χ4n) is 11.6. The van der Waals surface area contributed by atoms with Gasteiger partial charge in [-0.05, 0) is 113 Å². The number of aliphatic hydroxyl groups excluding tert-OH is 2. The summed E-state index contributed by atoms with van der Waals surface area (Å²) < 4.78 is 60.9. The molecule has 14 heteroatoms. The zero-order valence-corrected chi connectivity index (χ0v) is 54.8. The minimum atomic E-state index is -2.68. The standard InChI is InChI=1S/C36H48O6Si.C36H46O6Si/c2*1-35(2,3)43(30-15-9-7-10-16-30,31-17-11-8-12-18-31)40-26-24-33-34(42-36(4,5)41-33)32(37)19-13-14-25-39-27-28-20-22-29(38-6)23-21-28/h7-13,15-23,32-34,37H,14,24-27H2,1-6H3;7-12,15-18,20-23,32-34,37H,14,24-27H2,1-6H3/b19-13-;/t2*32?,33-,34+/m00/s1. The zero-order valence-electron chi connectivity index (χ0n) is 52.8. The number of ether oxygens (including phenoxy) is 8. The Morgan fingerprint density at radius 1 is 0.500 bits per heavy atom. The van der Waals surface area contributed by atoms with Crippen molar-refractivity contribution in [2.45, 2.75) is 166 Å². The molecule has 12 nitrogen and oxygen atoms in total. The molecule has 0 aliphatic carbocycles. The summed E-state index contributed by atoms with van der Waals surface area (Å²) >= 11 is 0. The van der Waals surface area contributed by atoms with E-state index in [1.165, 1.54) is 20.7 Å². The van der Waals surface area contributed by atoms with Gasteiger partial charge in [-0.15, -0.1) is 0 Å². The molecule has 462 valence electrons. The maximum absolute atomic E-state index is 11.1. The molecule has 2 N–H and O–H groups in total. The molecule has 6 aromatic rings. The molecule has 0 saturated carbocycles. The van der Waals surface area contributed by atoms with E-state index in [4.69, 9.17) is 46.7 Å². The van der Waals surface area contributed by atoms with Crippen LogP contribution in [0, 0.1) is 11.8 Å². The highest BCUT2D eigenvalue weighted by Crippen LogP contribution is 2.40. The van der Waals surface area contributed by atoms with Gasteiger partial charge in [-0.3, -0.25) is 0 Å². The van der Waals surface area contributed by atoms with Crippen LogP contribution in [-0.4, -0.2) is 116 Å². The fraction of sp³-hybridized carbons (Fsp3) is 0.444. The van der Waals surface area contributed by atoms with Crippen molar-refractivity contribution < 1.29 is 57.0 Å². The Balaban J connectivity index is 0.000000246. The summed E-state index contributed by atoms with van der Waals surface area (Å²) in [7, 11) is -2.04. The van der Waals surface area contributed by atoms with Gasteiger partial charge in [0.25, 0.3) is 16.6 Å². The SMILES string of the molecule is COc1ccc(COCC/C=C\C(O)[C@H]2OC(C)(C)O[C@H]2CCO[Si](c2ccccc2)(c2ccccc2)C(C)(C)C)cc1.COc1ccc(COCCC#CC(O)[C@H]2OC(C)(C)O[C@H]2CCO[Si](c2ccccc2)(c2ccccc2)C(C)(C)C)cc1. The Morgan fingerprint density at radius 2 is 0.872 bits per heavy atom. The second-order valence-electron chi connectivity index (χ2n) is 24.9. The van der Waals surface area contributed by atoms with Gasteiger partial charge in [0.05, 0.1) is 52.9 Å². The molecule has 86 heavy (non-hydrogen) atoms. The van der Waals surface area contributed by atoms with Crippen LogP contribution in [0.2, 0.25) is 10.1 Å². The summed E-state index contributed by atoms with van der Waals surface area (Å²) in [6.07, 6.45) is 2.59. The van der Waals surface area contributed by atoms with Crippen LogP contribution in [0.15, 0.2) is 182 Å². The second kappa shape index (κ2) is 31.4. The van der Waals surface area contributed by atoms with Gasteiger partial charge in [0.2, 0.25) is 0 Å². The lowest BCUT2D eigenvalue weighted by Gasteiger charge is -2.43. The highest BCUT2D eigenvalue weighted by molar-refractivity contribution is 7.00. The van der Waals surface area contributed by atoms with Gasteiger partial charge in [-0.1, -0.05) is 211 Å². The maximum Gasteiger partial charge on any atom is 0.261 e. The number of methoxy groups -OCH3 is 2. The molecule has 0 bridgehead atoms. The first-order valence-corrected chi connectivity index (χ1v) is 34.1. The molecule has 2 heterocycles. The molecule has 0 spiro atoms. The largest absolute Gasteiger partial charge is 0.497 e. The molecule has 6 atom stereocenters. The van der Waals surface area contributed by atoms with Gasteiger partial charge in [0.15, 0.2) is 11.6 Å². The van der Waals surface area contributed by atoms with Crippen LogP contribution in [0.4, 0.5) is 0 Å². The lowest BCUT2D eigenvalue weighted by Crippen LogP contribution is -2.66. The average molecular weight is 1210 g/mol. The number of aliphatic hydroxyl groups is 2. The quantitative estimate of drug-likeness (QED) is 0.0232. The number of benzene rings is 6. The van der Waals surface area contributed by atoms with Crippen LogP contribution in [0.1, 0.15) is 106 Å². The Kier molecular flexibility index (Phi) is 24.8. The van der Waals surface area contributed by atoms with Crippen molar-refractivity contribution in [1.29, 1.82) is 0 Å². The summed E-state index contributed by atoms with van der Waals surface area (Å²) in [5.74, 6) is 6.05. The van der Waals surface area contributed by atoms with Crippen molar-refractivity contribution in [2.75, 3.05) is 40.6 Å². The first-order valence-electron chi connectivity index (χ1n) is 30.3. The highest BCUT2D eigenvalue weighted by Gasteiger charge is 2.53. The van der Waals surface area contributed by atoms with Crippen LogP contribution in [0.25, 0.3) is 0 Å². The molecular formula is C72H94O12Si2. The van der Waals surface area contributed by atoms with E-state index >= 15 is 0 Å². The summed E-state index contributed by atoms with van der Waals surface area (Å²) in [4.78, 5) is 0. The van der Waals surface area contributed by atoms with Gasteiger partial charge in [-0.25, -0.2) is 0 Å². The smallest absolute Gasteiger partial charge is 0.261 e. The van der Waals surface area contributed by atoms with Gasteiger partial charge in [0.1, 0.15) is 35.9 Å². The van der Waals surface area contributed by atoms with Crippen LogP contribution in [0.5, 0.6) is 11.5 Å². The number of hydrogen-bond donors (Lipinski definition) is 2. The van der Waals surface area contributed by atoms with Crippen molar-refractivity contribution in [3.63, 3.8) is 0 Å². The summed E-state index contributed by atoms with van der Waals surface area (Å²) in [5.41, 5.74) is 2.15. The summed E-state index contributed by atoms with van der Waals surface area (Å²) in [5, 5.41) is 26.8. The van der Waals surface area contributed by atoms with Crippen LogP contribution in [-0.2, 0) is 50.5 Å². The fourth-order valence-corrected chi connectivity index (χ4v) is 20.8. The Hall–Kier alpha value is -5.75. The normalized spacial score (nSPS) is 19.2. The van der Waals surface area contributed by atoms with Gasteiger partial charge < -0.3 is 57.0 Å². The first kappa shape index (κ1) is 67.8. The average Bonchev–Trinajstić information content (AvgIpc) is 1.09. The van der Waals surface area contributed by atoms with Gasteiger partial charge in [-0.2, -0.15) is 0 Å². The van der Waals surface area contributed by atoms with E-state index in [1.54, 1.807) is 20.3 Å². The molecule has 0 amide bonds. The molecule has 0 aromatic heterocycles. The minimum Gasteiger partial charge on any atom is -0.497 e. The predicted octanol–water partition coefficient (Wildman–Crippen LogP) is 11.5. The molecule has 2 fully saturated rings. The van der Waals surface area contributed by atoms with Crippen LogP contribution < -0.4 is 30.2 Å². The van der Waals surface area contributed by atoms with Crippen molar-refractivity contribution in [2.24, 2.45) is 0 Å². The molecule has 2 aliphatic heterocycles. The third-order valence-electron chi connectivity index (χ3n) is 15.6. The Morgan fingerprint density at radius 3 is 1.26 bits per heavy atom. The molecule has 2 aliphatic rings. The summed E-state index contributed by atoms with van der Waals surface area (Å²) in [6.45, 7) is 24.1. The molecule has 0 radical (unpaired) electrons. The monoisotopic (exact) mass is 1210 g/mol. The maximum atomic E-state index is 11.1. The van der Waals surface area contributed by atoms with E-state index in [1.807, 2.05) is 94.4 Å². The van der Waals surface area contributed by atoms with E-state index in [9.17, 15) is 10.2 Å². The minimum absolute atomic E-state index is 0.112. The summed E-state index contributed by atoms with van der Waals surface area (Å²) in [6, 6.07) is 58.0. The van der Waals surface area contributed by atoms with E-state index in [0.717, 1.165) is 22.6 Å². The lowest BCUT2D eigenvalue weighted by atomic mass is 10.1. The van der Waals surface area contributed by atoms with E-state index < -0.39 is 52.6 Å². The third-order valence-corrected chi connectivity index (χ3v) is 25.7. The number of hydrogen-bond acceptors (Lipinski definition) is 12. The lowest BCUT2D eigenvalue weighted by molar-refractivity contribution is -0.153. The van der Waals surface area contributed by atoms with Crippen LogP contribution in [0.3, 0.4) is 0 Å². The first-order chi connectivity index (χ1) is 41.1.